The van der Waals surface area contributed by atoms with E-state index in [0.29, 0.717) is 11.7 Å². The number of ether oxygens (including phenoxy) is 3. The Bertz CT molecular complexity index is 489. The second kappa shape index (κ2) is 9.21. The molecule has 0 spiro atoms. The summed E-state index contributed by atoms with van der Waals surface area (Å²) in [5.74, 6) is 2.91. The molecule has 1 heterocycles. The molecule has 0 saturated carbocycles. The predicted octanol–water partition coefficient (Wildman–Crippen LogP) is 2.69. The smallest absolute Gasteiger partial charge is 0.164 e. The Labute approximate surface area is 145 Å². The van der Waals surface area contributed by atoms with Crippen molar-refractivity contribution in [2.45, 2.75) is 32.4 Å². The molecule has 2 rings (SSSR count). The quantitative estimate of drug-likeness (QED) is 0.859. The molecule has 5 nitrogen and oxygen atoms in total. The van der Waals surface area contributed by atoms with E-state index in [9.17, 15) is 0 Å². The number of piperidine rings is 1. The SMILES string of the molecule is COc1cc(OC)c(OC)cc1CN1CCC(C(C)N)CC1.Cl. The van der Waals surface area contributed by atoms with Crippen molar-refractivity contribution in [1.29, 1.82) is 0 Å². The molecule has 0 aliphatic carbocycles. The third-order valence-corrected chi connectivity index (χ3v) is 4.56. The van der Waals surface area contributed by atoms with Crippen LogP contribution in [-0.4, -0.2) is 45.4 Å². The summed E-state index contributed by atoms with van der Waals surface area (Å²) in [5, 5.41) is 0. The number of nitrogens with zero attached hydrogens (tertiary/aromatic N) is 1. The van der Waals surface area contributed by atoms with Crippen LogP contribution in [-0.2, 0) is 6.54 Å². The molecule has 23 heavy (non-hydrogen) atoms. The fourth-order valence-corrected chi connectivity index (χ4v) is 3.09. The first-order valence-corrected chi connectivity index (χ1v) is 7.85. The Kier molecular flexibility index (Phi) is 7.95. The van der Waals surface area contributed by atoms with E-state index in [0.717, 1.165) is 49.5 Å². The van der Waals surface area contributed by atoms with Gasteiger partial charge in [0, 0.05) is 24.2 Å². The van der Waals surface area contributed by atoms with Crippen LogP contribution in [0.4, 0.5) is 0 Å². The van der Waals surface area contributed by atoms with Gasteiger partial charge in [0.15, 0.2) is 11.5 Å². The molecule has 1 unspecified atom stereocenters. The van der Waals surface area contributed by atoms with Crippen LogP contribution in [0.15, 0.2) is 12.1 Å². The summed E-state index contributed by atoms with van der Waals surface area (Å²) < 4.78 is 16.2. The lowest BCUT2D eigenvalue weighted by Gasteiger charge is -2.34. The molecule has 1 aromatic carbocycles. The number of methoxy groups -OCH3 is 3. The minimum atomic E-state index is 0. The molecule has 132 valence electrons. The number of hydrogen-bond acceptors (Lipinski definition) is 5. The second-order valence-electron chi connectivity index (χ2n) is 5.99. The molecule has 1 aromatic rings. The van der Waals surface area contributed by atoms with Crippen molar-refractivity contribution in [3.63, 3.8) is 0 Å². The van der Waals surface area contributed by atoms with E-state index in [1.807, 2.05) is 12.1 Å². The molecule has 6 heteroatoms. The van der Waals surface area contributed by atoms with Crippen LogP contribution in [0.1, 0.15) is 25.3 Å². The monoisotopic (exact) mass is 344 g/mol. The number of benzene rings is 1. The highest BCUT2D eigenvalue weighted by molar-refractivity contribution is 5.85. The minimum Gasteiger partial charge on any atom is -0.496 e. The molecule has 1 fully saturated rings. The Morgan fingerprint density at radius 3 is 2.04 bits per heavy atom. The number of nitrogens with two attached hydrogens (primary N) is 1. The largest absolute Gasteiger partial charge is 0.496 e. The zero-order chi connectivity index (χ0) is 16.1. The van der Waals surface area contributed by atoms with Gasteiger partial charge < -0.3 is 19.9 Å². The van der Waals surface area contributed by atoms with E-state index in [4.69, 9.17) is 19.9 Å². The maximum Gasteiger partial charge on any atom is 0.164 e. The predicted molar refractivity (Wildman–Crippen MR) is 95.0 cm³/mol. The first kappa shape index (κ1) is 19.9. The van der Waals surface area contributed by atoms with Crippen molar-refractivity contribution in [2.24, 2.45) is 11.7 Å². The van der Waals surface area contributed by atoms with Crippen LogP contribution in [0.3, 0.4) is 0 Å². The van der Waals surface area contributed by atoms with E-state index in [-0.39, 0.29) is 18.4 Å². The van der Waals surface area contributed by atoms with Crippen molar-refractivity contribution in [2.75, 3.05) is 34.4 Å². The van der Waals surface area contributed by atoms with Gasteiger partial charge in [0.2, 0.25) is 0 Å². The van der Waals surface area contributed by atoms with Gasteiger partial charge in [-0.25, -0.2) is 0 Å². The fraction of sp³-hybridized carbons (Fsp3) is 0.647. The summed E-state index contributed by atoms with van der Waals surface area (Å²) in [7, 11) is 4.98. The van der Waals surface area contributed by atoms with E-state index >= 15 is 0 Å². The van der Waals surface area contributed by atoms with Crippen molar-refractivity contribution < 1.29 is 14.2 Å². The Morgan fingerprint density at radius 1 is 1.04 bits per heavy atom. The van der Waals surface area contributed by atoms with Crippen LogP contribution in [0.5, 0.6) is 17.2 Å². The van der Waals surface area contributed by atoms with E-state index < -0.39 is 0 Å². The molecular formula is C17H29ClN2O3. The molecule has 2 N–H and O–H groups in total. The number of rotatable bonds is 6. The lowest BCUT2D eigenvalue weighted by Crippen LogP contribution is -2.39. The molecule has 0 radical (unpaired) electrons. The fourth-order valence-electron chi connectivity index (χ4n) is 3.09. The molecule has 0 bridgehead atoms. The highest BCUT2D eigenvalue weighted by Crippen LogP contribution is 2.35. The third-order valence-electron chi connectivity index (χ3n) is 4.56. The summed E-state index contributed by atoms with van der Waals surface area (Å²) in [4.78, 5) is 2.45. The van der Waals surface area contributed by atoms with Gasteiger partial charge in [-0.3, -0.25) is 4.90 Å². The van der Waals surface area contributed by atoms with Crippen molar-refractivity contribution in [3.8, 4) is 17.2 Å². The van der Waals surface area contributed by atoms with E-state index in [1.165, 1.54) is 0 Å². The maximum absolute atomic E-state index is 6.01. The van der Waals surface area contributed by atoms with Crippen LogP contribution in [0.25, 0.3) is 0 Å². The first-order chi connectivity index (χ1) is 10.6. The van der Waals surface area contributed by atoms with Crippen LogP contribution >= 0.6 is 12.4 Å². The number of halogens is 1. The highest BCUT2D eigenvalue weighted by Gasteiger charge is 2.23. The van der Waals surface area contributed by atoms with Gasteiger partial charge in [-0.2, -0.15) is 0 Å². The third kappa shape index (κ3) is 4.90. The molecular weight excluding hydrogens is 316 g/mol. The van der Waals surface area contributed by atoms with E-state index in [2.05, 4.69) is 11.8 Å². The molecule has 1 atom stereocenters. The first-order valence-electron chi connectivity index (χ1n) is 7.85. The van der Waals surface area contributed by atoms with Gasteiger partial charge in [-0.05, 0) is 44.8 Å². The van der Waals surface area contributed by atoms with Gasteiger partial charge >= 0.3 is 0 Å². The summed E-state index contributed by atoms with van der Waals surface area (Å²) in [6.07, 6.45) is 2.32. The normalized spacial score (nSPS) is 17.3. The summed E-state index contributed by atoms with van der Waals surface area (Å²) in [5.41, 5.74) is 7.14. The van der Waals surface area contributed by atoms with Gasteiger partial charge in [-0.15, -0.1) is 12.4 Å². The average molecular weight is 345 g/mol. The van der Waals surface area contributed by atoms with Gasteiger partial charge in [-0.1, -0.05) is 0 Å². The Morgan fingerprint density at radius 2 is 1.57 bits per heavy atom. The molecule has 0 aromatic heterocycles. The number of likely N-dealkylation sites (tertiary alicyclic amines) is 1. The topological polar surface area (TPSA) is 57.0 Å². The zero-order valence-corrected chi connectivity index (χ0v) is 15.3. The average Bonchev–Trinajstić information content (AvgIpc) is 2.54. The van der Waals surface area contributed by atoms with Gasteiger partial charge in [0.25, 0.3) is 0 Å². The van der Waals surface area contributed by atoms with Crippen molar-refractivity contribution >= 4 is 12.4 Å². The van der Waals surface area contributed by atoms with E-state index in [1.54, 1.807) is 21.3 Å². The molecule has 1 aliphatic rings. The van der Waals surface area contributed by atoms with Crippen LogP contribution in [0, 0.1) is 5.92 Å². The Balaban J connectivity index is 0.00000264. The van der Waals surface area contributed by atoms with Gasteiger partial charge in [0.05, 0.1) is 21.3 Å². The Hall–Kier alpha value is -1.17. The van der Waals surface area contributed by atoms with Crippen LogP contribution < -0.4 is 19.9 Å². The maximum atomic E-state index is 6.01. The van der Waals surface area contributed by atoms with Crippen LogP contribution in [0.2, 0.25) is 0 Å². The lowest BCUT2D eigenvalue weighted by atomic mass is 9.91. The molecule has 1 aliphatic heterocycles. The van der Waals surface area contributed by atoms with Crippen molar-refractivity contribution in [3.05, 3.63) is 17.7 Å². The summed E-state index contributed by atoms with van der Waals surface area (Å²) in [6, 6.07) is 4.19. The lowest BCUT2D eigenvalue weighted by molar-refractivity contribution is 0.164. The number of hydrogen-bond donors (Lipinski definition) is 1. The minimum absolute atomic E-state index is 0. The molecule has 0 amide bonds. The molecule has 1 saturated heterocycles. The summed E-state index contributed by atoms with van der Waals surface area (Å²) in [6.45, 7) is 5.11. The standard InChI is InChI=1S/C17H28N2O3.ClH/c1-12(18)13-5-7-19(8-6-13)11-14-9-16(21-3)17(22-4)10-15(14)20-2;/h9-10,12-13H,5-8,11,18H2,1-4H3;1H. The summed E-state index contributed by atoms with van der Waals surface area (Å²) >= 11 is 0. The van der Waals surface area contributed by atoms with Gasteiger partial charge in [0.1, 0.15) is 5.75 Å². The second-order valence-corrected chi connectivity index (χ2v) is 5.99. The highest BCUT2D eigenvalue weighted by atomic mass is 35.5. The zero-order valence-electron chi connectivity index (χ0n) is 14.5. The van der Waals surface area contributed by atoms with Crippen molar-refractivity contribution in [1.82, 2.24) is 4.90 Å².